The number of carbonyl (C=O) groups is 2. The second-order valence-corrected chi connectivity index (χ2v) is 7.58. The lowest BCUT2D eigenvalue weighted by Crippen LogP contribution is -2.41. The van der Waals surface area contributed by atoms with Gasteiger partial charge in [-0.1, -0.05) is 12.1 Å². The van der Waals surface area contributed by atoms with Crippen molar-refractivity contribution in [3.8, 4) is 5.75 Å². The molecule has 1 aromatic heterocycles. The number of anilines is 2. The first-order valence-corrected chi connectivity index (χ1v) is 10.6. The molecule has 166 valence electrons. The van der Waals surface area contributed by atoms with Crippen molar-refractivity contribution in [3.05, 3.63) is 39.2 Å². The normalized spacial score (nSPS) is 10.4. The number of aromatic nitrogens is 2. The van der Waals surface area contributed by atoms with E-state index in [0.29, 0.717) is 16.0 Å². The van der Waals surface area contributed by atoms with E-state index in [0.717, 1.165) is 24.8 Å². The highest BCUT2D eigenvalue weighted by molar-refractivity contribution is 14.1. The van der Waals surface area contributed by atoms with Gasteiger partial charge in [0.2, 0.25) is 5.91 Å². The molecule has 12 heteroatoms. The predicted octanol–water partition coefficient (Wildman–Crippen LogP) is 0.777. The van der Waals surface area contributed by atoms with Crippen molar-refractivity contribution in [2.75, 3.05) is 24.6 Å². The van der Waals surface area contributed by atoms with Gasteiger partial charge in [-0.15, -0.1) is 0 Å². The highest BCUT2D eigenvalue weighted by Gasteiger charge is 2.16. The van der Waals surface area contributed by atoms with Crippen LogP contribution in [-0.2, 0) is 11.2 Å². The predicted molar refractivity (Wildman–Crippen MR) is 125 cm³/mol. The standard InChI is InChI=1S/C19H25IN8O3/c20-15-17(23)27-16(22)14(26-15)18(30)28-19(24)25-9-2-1-3-11-4-6-12(7-5-11)31-10-8-13(21)29/h4-7H,1-3,8-10H2,(H2,21,29)(H4,22,23,27)(H3,24,25,28,30). The molecule has 0 atom stereocenters. The second-order valence-electron chi connectivity index (χ2n) is 6.56. The van der Waals surface area contributed by atoms with Crippen molar-refractivity contribution in [1.82, 2.24) is 20.6 Å². The number of nitrogens with zero attached hydrogens (tertiary/aromatic N) is 2. The minimum atomic E-state index is -0.626. The molecule has 1 heterocycles. The minimum absolute atomic E-state index is 0.0767. The molecule has 31 heavy (non-hydrogen) atoms. The van der Waals surface area contributed by atoms with Gasteiger partial charge in [-0.25, -0.2) is 9.97 Å². The van der Waals surface area contributed by atoms with Gasteiger partial charge in [0.1, 0.15) is 9.45 Å². The van der Waals surface area contributed by atoms with Crippen LogP contribution in [0, 0.1) is 9.11 Å². The maximum Gasteiger partial charge on any atom is 0.280 e. The lowest BCUT2D eigenvalue weighted by molar-refractivity contribution is -0.118. The number of guanidine groups is 1. The quantitative estimate of drug-likeness (QED) is 0.110. The molecule has 11 nitrogen and oxygen atoms in total. The van der Waals surface area contributed by atoms with Crippen LogP contribution in [0.1, 0.15) is 35.3 Å². The first-order chi connectivity index (χ1) is 14.8. The van der Waals surface area contributed by atoms with Crippen molar-refractivity contribution in [3.63, 3.8) is 0 Å². The van der Waals surface area contributed by atoms with Gasteiger partial charge in [-0.3, -0.25) is 20.3 Å². The van der Waals surface area contributed by atoms with Crippen LogP contribution < -0.4 is 32.6 Å². The Labute approximate surface area is 193 Å². The lowest BCUT2D eigenvalue weighted by atomic mass is 10.1. The molecule has 0 aliphatic carbocycles. The Morgan fingerprint density at radius 1 is 1.10 bits per heavy atom. The molecule has 0 fully saturated rings. The fourth-order valence-corrected chi connectivity index (χ4v) is 2.88. The van der Waals surface area contributed by atoms with E-state index in [9.17, 15) is 9.59 Å². The van der Waals surface area contributed by atoms with Gasteiger partial charge in [0.15, 0.2) is 23.3 Å². The van der Waals surface area contributed by atoms with Crippen molar-refractivity contribution in [2.45, 2.75) is 25.7 Å². The maximum absolute atomic E-state index is 12.2. The zero-order chi connectivity index (χ0) is 22.8. The number of benzene rings is 1. The van der Waals surface area contributed by atoms with Crippen LogP contribution in [-0.4, -0.2) is 40.9 Å². The first kappa shape index (κ1) is 24.1. The molecule has 0 unspecified atom stereocenters. The highest BCUT2D eigenvalue weighted by atomic mass is 127. The smallest absolute Gasteiger partial charge is 0.280 e. The summed E-state index contributed by atoms with van der Waals surface area (Å²) < 4.78 is 5.80. The van der Waals surface area contributed by atoms with Crippen LogP contribution in [0.2, 0.25) is 0 Å². The van der Waals surface area contributed by atoms with E-state index in [1.807, 2.05) is 46.9 Å². The van der Waals surface area contributed by atoms with E-state index in [1.165, 1.54) is 0 Å². The summed E-state index contributed by atoms with van der Waals surface area (Å²) in [6.07, 6.45) is 2.74. The van der Waals surface area contributed by atoms with Crippen LogP contribution in [0.5, 0.6) is 5.75 Å². The Morgan fingerprint density at radius 3 is 2.48 bits per heavy atom. The number of hydrogen-bond donors (Lipinski definition) is 6. The number of halogens is 1. The fourth-order valence-electron chi connectivity index (χ4n) is 2.51. The van der Waals surface area contributed by atoms with Gasteiger partial charge in [-0.2, -0.15) is 0 Å². The van der Waals surface area contributed by atoms with Gasteiger partial charge in [0, 0.05) is 6.54 Å². The molecule has 9 N–H and O–H groups in total. The van der Waals surface area contributed by atoms with Crippen LogP contribution >= 0.6 is 22.6 Å². The molecule has 0 saturated carbocycles. The van der Waals surface area contributed by atoms with Gasteiger partial charge < -0.3 is 27.3 Å². The molecule has 0 aliphatic heterocycles. The zero-order valence-corrected chi connectivity index (χ0v) is 18.9. The van der Waals surface area contributed by atoms with Gasteiger partial charge in [-0.05, 0) is 59.5 Å². The van der Waals surface area contributed by atoms with Crippen LogP contribution in [0.25, 0.3) is 0 Å². The number of nitrogens with two attached hydrogens (primary N) is 3. The van der Waals surface area contributed by atoms with E-state index in [-0.39, 0.29) is 36.3 Å². The topological polar surface area (TPSA) is 195 Å². The van der Waals surface area contributed by atoms with Gasteiger partial charge in [0.25, 0.3) is 5.91 Å². The molecule has 0 saturated heterocycles. The third kappa shape index (κ3) is 8.24. The molecule has 0 aliphatic rings. The number of unbranched alkanes of at least 4 members (excludes halogenated alkanes) is 1. The monoisotopic (exact) mass is 540 g/mol. The third-order valence-electron chi connectivity index (χ3n) is 4.09. The van der Waals surface area contributed by atoms with Crippen molar-refractivity contribution in [1.29, 1.82) is 5.41 Å². The second kappa shape index (κ2) is 11.9. The average Bonchev–Trinajstić information content (AvgIpc) is 2.71. The Bertz CT molecular complexity index is 936. The average molecular weight is 540 g/mol. The summed E-state index contributed by atoms with van der Waals surface area (Å²) in [5.74, 6) is -0.415. The number of aryl methyl sites for hydroxylation is 1. The molecular formula is C19H25IN8O3. The fraction of sp³-hybridized carbons (Fsp3) is 0.316. The van der Waals surface area contributed by atoms with E-state index in [4.69, 9.17) is 27.3 Å². The Morgan fingerprint density at radius 2 is 1.81 bits per heavy atom. The molecular weight excluding hydrogens is 515 g/mol. The maximum atomic E-state index is 12.2. The zero-order valence-electron chi connectivity index (χ0n) is 16.8. The summed E-state index contributed by atoms with van der Waals surface area (Å²) in [4.78, 5) is 30.7. The van der Waals surface area contributed by atoms with E-state index >= 15 is 0 Å². The number of rotatable bonds is 10. The number of carbonyl (C=O) groups excluding carboxylic acids is 2. The summed E-state index contributed by atoms with van der Waals surface area (Å²) in [6.45, 7) is 0.785. The van der Waals surface area contributed by atoms with Crippen molar-refractivity contribution in [2.24, 2.45) is 5.73 Å². The van der Waals surface area contributed by atoms with Crippen LogP contribution in [0.4, 0.5) is 11.6 Å². The summed E-state index contributed by atoms with van der Waals surface area (Å²) in [5, 5.41) is 13.1. The third-order valence-corrected chi connectivity index (χ3v) is 4.89. The molecule has 1 aromatic carbocycles. The van der Waals surface area contributed by atoms with Gasteiger partial charge >= 0.3 is 0 Å². The largest absolute Gasteiger partial charge is 0.493 e. The lowest BCUT2D eigenvalue weighted by Gasteiger charge is -2.10. The number of nitrogen functional groups attached to an aromatic ring is 2. The summed E-state index contributed by atoms with van der Waals surface area (Å²) >= 11 is 1.85. The molecule has 2 amide bonds. The summed E-state index contributed by atoms with van der Waals surface area (Å²) in [6, 6.07) is 7.64. The Kier molecular flexibility index (Phi) is 9.24. The first-order valence-electron chi connectivity index (χ1n) is 9.48. The molecule has 2 rings (SSSR count). The summed E-state index contributed by atoms with van der Waals surface area (Å²) in [5.41, 5.74) is 17.4. The summed E-state index contributed by atoms with van der Waals surface area (Å²) in [7, 11) is 0. The Balaban J connectivity index is 1.66. The van der Waals surface area contributed by atoms with Crippen LogP contribution in [0.3, 0.4) is 0 Å². The molecule has 0 radical (unpaired) electrons. The van der Waals surface area contributed by atoms with Crippen molar-refractivity contribution < 1.29 is 14.3 Å². The number of nitrogens with one attached hydrogen (secondary N) is 3. The molecule has 0 spiro atoms. The number of primary amides is 1. The highest BCUT2D eigenvalue weighted by Crippen LogP contribution is 2.15. The van der Waals surface area contributed by atoms with Gasteiger partial charge in [0.05, 0.1) is 13.0 Å². The van der Waals surface area contributed by atoms with Crippen molar-refractivity contribution >= 4 is 52.0 Å². The SMILES string of the molecule is N=C(NCCCCc1ccc(OCCC(N)=O)cc1)NC(=O)c1nc(I)c(N)nc1N. The number of hydrogen-bond acceptors (Lipinski definition) is 8. The molecule has 2 aromatic rings. The van der Waals surface area contributed by atoms with E-state index in [1.54, 1.807) is 0 Å². The van der Waals surface area contributed by atoms with Crippen LogP contribution in [0.15, 0.2) is 24.3 Å². The Hall–Kier alpha value is -3.16. The minimum Gasteiger partial charge on any atom is -0.493 e. The molecule has 0 bridgehead atoms. The number of ether oxygens (including phenoxy) is 1. The van der Waals surface area contributed by atoms with E-state index in [2.05, 4.69) is 20.6 Å². The van der Waals surface area contributed by atoms with E-state index < -0.39 is 11.8 Å². The number of amides is 2.